The van der Waals surface area contributed by atoms with Gasteiger partial charge >= 0.3 is 0 Å². The number of rotatable bonds is 3. The van der Waals surface area contributed by atoms with Gasteiger partial charge in [-0.25, -0.2) is 4.98 Å². The molecule has 1 aliphatic heterocycles. The third-order valence-corrected chi connectivity index (χ3v) is 3.27. The Bertz CT molecular complexity index is 563. The lowest BCUT2D eigenvalue weighted by atomic mass is 10.0. The number of benzene rings is 1. The zero-order valence-corrected chi connectivity index (χ0v) is 10.6. The molecule has 0 spiro atoms. The molecule has 0 saturated heterocycles. The average Bonchev–Trinajstić information content (AvgIpc) is 2.90. The molecular formula is C14H15N3O2. The Morgan fingerprint density at radius 3 is 2.89 bits per heavy atom. The van der Waals surface area contributed by atoms with E-state index in [1.54, 1.807) is 19.5 Å². The predicted octanol–water partition coefficient (Wildman–Crippen LogP) is 1.49. The third kappa shape index (κ3) is 2.13. The van der Waals surface area contributed by atoms with Gasteiger partial charge in [-0.2, -0.15) is 0 Å². The Kier molecular flexibility index (Phi) is 3.05. The van der Waals surface area contributed by atoms with Crippen molar-refractivity contribution in [3.63, 3.8) is 0 Å². The van der Waals surface area contributed by atoms with Crippen molar-refractivity contribution in [2.75, 3.05) is 7.11 Å². The lowest BCUT2D eigenvalue weighted by Crippen LogP contribution is -2.31. The minimum atomic E-state index is -0.365. The lowest BCUT2D eigenvalue weighted by Gasteiger charge is -2.19. The molecule has 2 aromatic rings. The molecule has 2 N–H and O–H groups in total. The van der Waals surface area contributed by atoms with E-state index in [9.17, 15) is 0 Å². The van der Waals surface area contributed by atoms with E-state index in [1.165, 1.54) is 5.56 Å². The van der Waals surface area contributed by atoms with Crippen LogP contribution in [0.25, 0.3) is 0 Å². The summed E-state index contributed by atoms with van der Waals surface area (Å²) in [6, 6.07) is 7.59. The van der Waals surface area contributed by atoms with Crippen molar-refractivity contribution < 1.29 is 9.47 Å². The number of ether oxygens (including phenoxy) is 2. The quantitative estimate of drug-likeness (QED) is 0.902. The van der Waals surface area contributed by atoms with Crippen molar-refractivity contribution in [3.8, 4) is 11.6 Å². The summed E-state index contributed by atoms with van der Waals surface area (Å²) < 4.78 is 11.1. The highest BCUT2D eigenvalue weighted by atomic mass is 16.5. The van der Waals surface area contributed by atoms with Crippen LogP contribution in [0.5, 0.6) is 11.6 Å². The van der Waals surface area contributed by atoms with Crippen molar-refractivity contribution in [1.29, 1.82) is 0 Å². The predicted molar refractivity (Wildman–Crippen MR) is 70.1 cm³/mol. The van der Waals surface area contributed by atoms with Gasteiger partial charge in [-0.05, 0) is 11.6 Å². The summed E-state index contributed by atoms with van der Waals surface area (Å²) in [4.78, 5) is 8.38. The summed E-state index contributed by atoms with van der Waals surface area (Å²) in [5, 5.41) is 0. The molecular weight excluding hydrogens is 242 g/mol. The molecule has 0 aliphatic carbocycles. The van der Waals surface area contributed by atoms with Gasteiger partial charge in [0.15, 0.2) is 0 Å². The van der Waals surface area contributed by atoms with Gasteiger partial charge in [0.25, 0.3) is 0 Å². The topological polar surface area (TPSA) is 70.3 Å². The first kappa shape index (κ1) is 11.9. The summed E-state index contributed by atoms with van der Waals surface area (Å²) in [5.41, 5.74) is 8.05. The van der Waals surface area contributed by atoms with Crippen LogP contribution < -0.4 is 15.2 Å². The van der Waals surface area contributed by atoms with E-state index in [1.807, 2.05) is 18.2 Å². The molecule has 0 fully saturated rings. The fourth-order valence-electron chi connectivity index (χ4n) is 2.31. The summed E-state index contributed by atoms with van der Waals surface area (Å²) in [7, 11) is 1.56. The van der Waals surface area contributed by atoms with E-state index in [2.05, 4.69) is 16.0 Å². The number of hydrogen-bond donors (Lipinski definition) is 1. The van der Waals surface area contributed by atoms with Gasteiger partial charge in [-0.1, -0.05) is 18.2 Å². The highest BCUT2D eigenvalue weighted by Crippen LogP contribution is 2.34. The zero-order chi connectivity index (χ0) is 13.2. The maximum absolute atomic E-state index is 6.25. The number of hydrogen-bond acceptors (Lipinski definition) is 5. The standard InChI is InChI=1S/C14H15N3O2/c1-18-14-13(16-6-7-17-14)12(15)11-8-9-4-2-3-5-10(9)19-11/h2-7,11-12H,8,15H2,1H3. The van der Waals surface area contributed by atoms with Crippen LogP contribution in [-0.2, 0) is 6.42 Å². The van der Waals surface area contributed by atoms with Crippen molar-refractivity contribution in [2.45, 2.75) is 18.6 Å². The van der Waals surface area contributed by atoms with Crippen LogP contribution in [0, 0.1) is 0 Å². The van der Waals surface area contributed by atoms with Crippen molar-refractivity contribution in [2.24, 2.45) is 5.73 Å². The maximum atomic E-state index is 6.25. The summed E-state index contributed by atoms with van der Waals surface area (Å²) >= 11 is 0. The minimum Gasteiger partial charge on any atom is -0.488 e. The molecule has 5 nitrogen and oxygen atoms in total. The van der Waals surface area contributed by atoms with Crippen LogP contribution in [0.2, 0.25) is 0 Å². The molecule has 3 rings (SSSR count). The Hall–Kier alpha value is -2.14. The summed E-state index contributed by atoms with van der Waals surface area (Å²) in [6.07, 6.45) is 3.83. The maximum Gasteiger partial charge on any atom is 0.237 e. The Morgan fingerprint density at radius 2 is 2.11 bits per heavy atom. The second-order valence-electron chi connectivity index (χ2n) is 4.44. The fourth-order valence-corrected chi connectivity index (χ4v) is 2.31. The third-order valence-electron chi connectivity index (χ3n) is 3.27. The number of nitrogens with two attached hydrogens (primary N) is 1. The van der Waals surface area contributed by atoms with Gasteiger partial charge in [0.2, 0.25) is 5.88 Å². The van der Waals surface area contributed by atoms with E-state index in [0.29, 0.717) is 11.6 Å². The summed E-state index contributed by atoms with van der Waals surface area (Å²) in [5.74, 6) is 1.35. The molecule has 2 atom stereocenters. The van der Waals surface area contributed by atoms with Crippen LogP contribution in [0.3, 0.4) is 0 Å². The molecule has 0 saturated carbocycles. The number of aromatic nitrogens is 2. The molecule has 5 heteroatoms. The molecule has 1 aromatic heterocycles. The SMILES string of the molecule is COc1nccnc1C(N)C1Cc2ccccc2O1. The van der Waals surface area contributed by atoms with Gasteiger partial charge in [0, 0.05) is 18.8 Å². The van der Waals surface area contributed by atoms with Gasteiger partial charge in [0.1, 0.15) is 17.5 Å². The van der Waals surface area contributed by atoms with E-state index in [-0.39, 0.29) is 12.1 Å². The second-order valence-corrected chi connectivity index (χ2v) is 4.44. The largest absolute Gasteiger partial charge is 0.488 e. The van der Waals surface area contributed by atoms with Gasteiger partial charge in [0.05, 0.1) is 13.2 Å². The number of methoxy groups -OCH3 is 1. The molecule has 2 unspecified atom stereocenters. The van der Waals surface area contributed by atoms with E-state index in [0.717, 1.165) is 12.2 Å². The average molecular weight is 257 g/mol. The molecule has 0 bridgehead atoms. The van der Waals surface area contributed by atoms with E-state index in [4.69, 9.17) is 15.2 Å². The molecule has 1 aromatic carbocycles. The molecule has 1 aliphatic rings. The second kappa shape index (κ2) is 4.85. The van der Waals surface area contributed by atoms with Crippen molar-refractivity contribution in [1.82, 2.24) is 9.97 Å². The van der Waals surface area contributed by atoms with E-state index >= 15 is 0 Å². The number of nitrogens with zero attached hydrogens (tertiary/aromatic N) is 2. The minimum absolute atomic E-state index is 0.136. The summed E-state index contributed by atoms with van der Waals surface area (Å²) in [6.45, 7) is 0. The van der Waals surface area contributed by atoms with Crippen LogP contribution >= 0.6 is 0 Å². The monoisotopic (exact) mass is 257 g/mol. The lowest BCUT2D eigenvalue weighted by molar-refractivity contribution is 0.194. The fraction of sp³-hybridized carbons (Fsp3) is 0.286. The first-order chi connectivity index (χ1) is 9.29. The van der Waals surface area contributed by atoms with Crippen LogP contribution in [-0.4, -0.2) is 23.2 Å². The number of para-hydroxylation sites is 1. The van der Waals surface area contributed by atoms with Crippen LogP contribution in [0.1, 0.15) is 17.3 Å². The van der Waals surface area contributed by atoms with Gasteiger partial charge < -0.3 is 15.2 Å². The van der Waals surface area contributed by atoms with Gasteiger partial charge in [-0.15, -0.1) is 0 Å². The normalized spacial score (nSPS) is 18.5. The van der Waals surface area contributed by atoms with Gasteiger partial charge in [-0.3, -0.25) is 4.98 Å². The smallest absolute Gasteiger partial charge is 0.237 e. The Labute approximate surface area is 111 Å². The molecule has 19 heavy (non-hydrogen) atoms. The van der Waals surface area contributed by atoms with Crippen LogP contribution in [0.4, 0.5) is 0 Å². The Morgan fingerprint density at radius 1 is 1.32 bits per heavy atom. The van der Waals surface area contributed by atoms with Crippen molar-refractivity contribution >= 4 is 0 Å². The molecule has 2 heterocycles. The zero-order valence-electron chi connectivity index (χ0n) is 10.6. The first-order valence-corrected chi connectivity index (χ1v) is 6.14. The molecule has 0 radical (unpaired) electrons. The van der Waals surface area contributed by atoms with E-state index < -0.39 is 0 Å². The Balaban J connectivity index is 1.85. The highest BCUT2D eigenvalue weighted by Gasteiger charge is 2.31. The highest BCUT2D eigenvalue weighted by molar-refractivity contribution is 5.38. The van der Waals surface area contributed by atoms with Crippen LogP contribution in [0.15, 0.2) is 36.7 Å². The van der Waals surface area contributed by atoms with Crippen molar-refractivity contribution in [3.05, 3.63) is 47.9 Å². The molecule has 0 amide bonds. The number of fused-ring (bicyclic) bond motifs is 1. The molecule has 98 valence electrons. The first-order valence-electron chi connectivity index (χ1n) is 6.14.